The topological polar surface area (TPSA) is 86.7 Å². The molecule has 2 rings (SSSR count). The number of benzene rings is 1. The summed E-state index contributed by atoms with van der Waals surface area (Å²) >= 11 is 0. The summed E-state index contributed by atoms with van der Waals surface area (Å²) in [6.45, 7) is 4.88. The summed E-state index contributed by atoms with van der Waals surface area (Å²) in [5, 5.41) is 12.1. The minimum atomic E-state index is -1.09. The lowest BCUT2D eigenvalue weighted by Crippen LogP contribution is -2.48. The highest BCUT2D eigenvalue weighted by Gasteiger charge is 2.32. The van der Waals surface area contributed by atoms with Crippen LogP contribution in [-0.2, 0) is 14.4 Å². The summed E-state index contributed by atoms with van der Waals surface area (Å²) < 4.78 is 0. The predicted octanol–water partition coefficient (Wildman–Crippen LogP) is 2.21. The fraction of sp³-hybridized carbons (Fsp3) is 0.526. The van der Waals surface area contributed by atoms with Gasteiger partial charge in [0, 0.05) is 19.0 Å². The van der Waals surface area contributed by atoms with Gasteiger partial charge >= 0.3 is 5.97 Å². The Morgan fingerprint density at radius 2 is 1.96 bits per heavy atom. The Morgan fingerprint density at radius 1 is 1.28 bits per heavy atom. The van der Waals surface area contributed by atoms with Gasteiger partial charge in [-0.1, -0.05) is 44.2 Å². The number of likely N-dealkylation sites (tertiary alicyclic amines) is 1. The highest BCUT2D eigenvalue weighted by Crippen LogP contribution is 2.21. The molecule has 0 aliphatic carbocycles. The Hall–Kier alpha value is -2.37. The number of carbonyl (C=O) groups excluding carboxylic acids is 2. The summed E-state index contributed by atoms with van der Waals surface area (Å²) in [5.74, 6) is -1.76. The fourth-order valence-corrected chi connectivity index (χ4v) is 3.07. The third-order valence-electron chi connectivity index (χ3n) is 4.80. The molecule has 6 heteroatoms. The minimum Gasteiger partial charge on any atom is -0.479 e. The van der Waals surface area contributed by atoms with Gasteiger partial charge in [0.05, 0.1) is 5.92 Å². The number of nitrogens with zero attached hydrogens (tertiary/aromatic N) is 1. The number of hydrogen-bond donors (Lipinski definition) is 2. The maximum Gasteiger partial charge on any atom is 0.330 e. The van der Waals surface area contributed by atoms with E-state index in [-0.39, 0.29) is 23.7 Å². The standard InChI is InChI=1S/C19H26N2O4/c1-3-13(2)18(23)21-11-7-10-15(12-21)17(22)20-16(19(24)25)14-8-5-4-6-9-14/h4-6,8-9,13,15-16H,3,7,10-12H2,1-2H3,(H,20,22)(H,24,25)/t13?,15?,16-/m0/s1. The molecule has 3 atom stereocenters. The van der Waals surface area contributed by atoms with Gasteiger partial charge < -0.3 is 15.3 Å². The molecule has 0 bridgehead atoms. The van der Waals surface area contributed by atoms with Crippen molar-refractivity contribution in [3.8, 4) is 0 Å². The first-order valence-electron chi connectivity index (χ1n) is 8.81. The predicted molar refractivity (Wildman–Crippen MR) is 93.7 cm³/mol. The summed E-state index contributed by atoms with van der Waals surface area (Å²) in [7, 11) is 0. The van der Waals surface area contributed by atoms with E-state index in [1.54, 1.807) is 35.2 Å². The van der Waals surface area contributed by atoms with E-state index in [0.29, 0.717) is 25.1 Å². The number of rotatable bonds is 6. The van der Waals surface area contributed by atoms with Crippen LogP contribution in [-0.4, -0.2) is 40.9 Å². The van der Waals surface area contributed by atoms with Gasteiger partial charge in [-0.2, -0.15) is 0 Å². The molecule has 0 spiro atoms. The Morgan fingerprint density at radius 3 is 2.56 bits per heavy atom. The van der Waals surface area contributed by atoms with E-state index in [2.05, 4.69) is 5.32 Å². The molecule has 2 amide bonds. The monoisotopic (exact) mass is 346 g/mol. The molecule has 0 radical (unpaired) electrons. The maximum absolute atomic E-state index is 12.6. The molecule has 136 valence electrons. The molecule has 25 heavy (non-hydrogen) atoms. The Kier molecular flexibility index (Phi) is 6.56. The molecule has 1 aromatic carbocycles. The first-order chi connectivity index (χ1) is 11.9. The fourth-order valence-electron chi connectivity index (χ4n) is 3.07. The molecular weight excluding hydrogens is 320 g/mol. The van der Waals surface area contributed by atoms with Crippen LogP contribution in [0.5, 0.6) is 0 Å². The first-order valence-corrected chi connectivity index (χ1v) is 8.81. The van der Waals surface area contributed by atoms with E-state index in [1.165, 1.54) is 0 Å². The van der Waals surface area contributed by atoms with E-state index in [0.717, 1.165) is 12.8 Å². The van der Waals surface area contributed by atoms with Crippen LogP contribution in [0.1, 0.15) is 44.7 Å². The van der Waals surface area contributed by atoms with Gasteiger partial charge in [0.2, 0.25) is 11.8 Å². The van der Waals surface area contributed by atoms with Crippen LogP contribution < -0.4 is 5.32 Å². The number of aliphatic carboxylic acids is 1. The average molecular weight is 346 g/mol. The molecule has 1 aliphatic rings. The number of piperidine rings is 1. The van der Waals surface area contributed by atoms with Crippen LogP contribution >= 0.6 is 0 Å². The Bertz CT molecular complexity index is 617. The molecular formula is C19H26N2O4. The van der Waals surface area contributed by atoms with Gasteiger partial charge in [0.25, 0.3) is 0 Å². The van der Waals surface area contributed by atoms with Crippen LogP contribution in [0.4, 0.5) is 0 Å². The molecule has 6 nitrogen and oxygen atoms in total. The van der Waals surface area contributed by atoms with Gasteiger partial charge in [-0.25, -0.2) is 4.79 Å². The number of amides is 2. The number of nitrogens with one attached hydrogen (secondary N) is 1. The Balaban J connectivity index is 2.03. The van der Waals surface area contributed by atoms with Gasteiger partial charge in [-0.05, 0) is 24.8 Å². The first kappa shape index (κ1) is 19.0. The average Bonchev–Trinajstić information content (AvgIpc) is 2.65. The molecule has 0 saturated carbocycles. The van der Waals surface area contributed by atoms with E-state index < -0.39 is 12.0 Å². The number of carbonyl (C=O) groups is 3. The minimum absolute atomic E-state index is 0.0575. The van der Waals surface area contributed by atoms with Crippen molar-refractivity contribution in [2.75, 3.05) is 13.1 Å². The summed E-state index contributed by atoms with van der Waals surface area (Å²) in [6.07, 6.45) is 2.18. The smallest absolute Gasteiger partial charge is 0.330 e. The van der Waals surface area contributed by atoms with Crippen LogP contribution in [0.15, 0.2) is 30.3 Å². The maximum atomic E-state index is 12.6. The van der Waals surface area contributed by atoms with Crippen molar-refractivity contribution < 1.29 is 19.5 Å². The number of carboxylic acid groups (broad SMARTS) is 1. The van der Waals surface area contributed by atoms with Crippen molar-refractivity contribution in [1.29, 1.82) is 0 Å². The third-order valence-corrected chi connectivity index (χ3v) is 4.80. The quantitative estimate of drug-likeness (QED) is 0.827. The zero-order valence-electron chi connectivity index (χ0n) is 14.8. The van der Waals surface area contributed by atoms with Crippen LogP contribution in [0.25, 0.3) is 0 Å². The molecule has 1 saturated heterocycles. The van der Waals surface area contributed by atoms with Crippen molar-refractivity contribution in [1.82, 2.24) is 10.2 Å². The summed E-state index contributed by atoms with van der Waals surface area (Å²) in [6, 6.07) is 7.56. The highest BCUT2D eigenvalue weighted by molar-refractivity contribution is 5.86. The third kappa shape index (κ3) is 4.81. The van der Waals surface area contributed by atoms with E-state index in [9.17, 15) is 19.5 Å². The van der Waals surface area contributed by atoms with Crippen LogP contribution in [0.3, 0.4) is 0 Å². The lowest BCUT2D eigenvalue weighted by atomic mass is 9.94. The van der Waals surface area contributed by atoms with E-state index in [4.69, 9.17) is 0 Å². The zero-order valence-corrected chi connectivity index (χ0v) is 14.8. The van der Waals surface area contributed by atoms with Crippen molar-refractivity contribution in [3.05, 3.63) is 35.9 Å². The molecule has 1 heterocycles. The van der Waals surface area contributed by atoms with Crippen molar-refractivity contribution >= 4 is 17.8 Å². The zero-order chi connectivity index (χ0) is 18.4. The Labute approximate surface area is 148 Å². The van der Waals surface area contributed by atoms with Gasteiger partial charge in [0.1, 0.15) is 0 Å². The molecule has 1 aromatic rings. The second kappa shape index (κ2) is 8.65. The number of carboxylic acids is 1. The molecule has 1 fully saturated rings. The van der Waals surface area contributed by atoms with Crippen molar-refractivity contribution in [2.45, 2.75) is 39.2 Å². The lowest BCUT2D eigenvalue weighted by molar-refractivity contribution is -0.144. The molecule has 2 unspecified atom stereocenters. The molecule has 0 aromatic heterocycles. The van der Waals surface area contributed by atoms with Crippen molar-refractivity contribution in [3.63, 3.8) is 0 Å². The molecule has 1 aliphatic heterocycles. The summed E-state index contributed by atoms with van der Waals surface area (Å²) in [4.78, 5) is 38.2. The van der Waals surface area contributed by atoms with Crippen molar-refractivity contribution in [2.24, 2.45) is 11.8 Å². The molecule has 2 N–H and O–H groups in total. The van der Waals surface area contributed by atoms with Gasteiger partial charge in [0.15, 0.2) is 6.04 Å². The van der Waals surface area contributed by atoms with Gasteiger partial charge in [-0.3, -0.25) is 9.59 Å². The normalized spacial score (nSPS) is 19.8. The van der Waals surface area contributed by atoms with Gasteiger partial charge in [-0.15, -0.1) is 0 Å². The number of hydrogen-bond acceptors (Lipinski definition) is 3. The van der Waals surface area contributed by atoms with E-state index >= 15 is 0 Å². The van der Waals surface area contributed by atoms with E-state index in [1.807, 2.05) is 13.8 Å². The second-order valence-electron chi connectivity index (χ2n) is 6.62. The lowest BCUT2D eigenvalue weighted by Gasteiger charge is -2.34. The second-order valence-corrected chi connectivity index (χ2v) is 6.62. The largest absolute Gasteiger partial charge is 0.479 e. The highest BCUT2D eigenvalue weighted by atomic mass is 16.4. The summed E-state index contributed by atoms with van der Waals surface area (Å²) in [5.41, 5.74) is 0.534. The van der Waals surface area contributed by atoms with Crippen LogP contribution in [0, 0.1) is 11.8 Å². The van der Waals surface area contributed by atoms with Crippen LogP contribution in [0.2, 0.25) is 0 Å². The SMILES string of the molecule is CCC(C)C(=O)N1CCCC(C(=O)N[C@H](C(=O)O)c2ccccc2)C1.